The van der Waals surface area contributed by atoms with Crippen molar-refractivity contribution in [1.82, 2.24) is 19.7 Å². The lowest BCUT2D eigenvalue weighted by Gasteiger charge is -1.98. The van der Waals surface area contributed by atoms with E-state index in [0.717, 1.165) is 16.8 Å². The molecule has 0 saturated carbocycles. The fourth-order valence-corrected chi connectivity index (χ4v) is 1.64. The first kappa shape index (κ1) is 9.72. The molecule has 82 valence electrons. The predicted molar refractivity (Wildman–Crippen MR) is 64.6 cm³/mol. The number of rotatable bonds is 2. The highest BCUT2D eigenvalue weighted by atomic mass is 15.3. The molecule has 3 aromatic rings. The van der Waals surface area contributed by atoms with E-state index in [1.54, 1.807) is 23.3 Å². The summed E-state index contributed by atoms with van der Waals surface area (Å²) in [4.78, 5) is 8.16. The normalized spacial score (nSPS) is 10.4. The Morgan fingerprint density at radius 3 is 2.35 bits per heavy atom. The van der Waals surface area contributed by atoms with E-state index in [-0.39, 0.29) is 0 Å². The number of nitrogens with zero attached hydrogens (tertiary/aromatic N) is 4. The van der Waals surface area contributed by atoms with Crippen molar-refractivity contribution in [2.75, 3.05) is 0 Å². The average molecular weight is 222 g/mol. The zero-order valence-electron chi connectivity index (χ0n) is 9.06. The van der Waals surface area contributed by atoms with Crippen LogP contribution in [0.4, 0.5) is 0 Å². The second-order valence-corrected chi connectivity index (χ2v) is 3.63. The van der Waals surface area contributed by atoms with E-state index in [9.17, 15) is 0 Å². The lowest BCUT2D eigenvalue weighted by Crippen LogP contribution is -1.93. The molecular weight excluding hydrogens is 212 g/mol. The van der Waals surface area contributed by atoms with Crippen molar-refractivity contribution < 1.29 is 0 Å². The van der Waals surface area contributed by atoms with Crippen LogP contribution in [-0.4, -0.2) is 19.7 Å². The van der Waals surface area contributed by atoms with Gasteiger partial charge in [0.25, 0.3) is 0 Å². The smallest absolute Gasteiger partial charge is 0.0828 e. The van der Waals surface area contributed by atoms with Crippen LogP contribution in [-0.2, 0) is 0 Å². The largest absolute Gasteiger partial charge is 0.264 e. The number of pyridine rings is 2. The SMILES string of the molecule is c1cncc(-c2cnn(-c3cccnc3)c2)c1. The van der Waals surface area contributed by atoms with Gasteiger partial charge >= 0.3 is 0 Å². The van der Waals surface area contributed by atoms with Gasteiger partial charge in [0.2, 0.25) is 0 Å². The van der Waals surface area contributed by atoms with Gasteiger partial charge in [-0.2, -0.15) is 5.10 Å². The van der Waals surface area contributed by atoms with Crippen LogP contribution in [0, 0.1) is 0 Å². The molecule has 0 aliphatic heterocycles. The highest BCUT2D eigenvalue weighted by Crippen LogP contribution is 2.18. The molecule has 3 aromatic heterocycles. The van der Waals surface area contributed by atoms with Crippen molar-refractivity contribution in [3.05, 3.63) is 61.4 Å². The Balaban J connectivity index is 1.99. The topological polar surface area (TPSA) is 43.6 Å². The summed E-state index contributed by atoms with van der Waals surface area (Å²) in [6, 6.07) is 7.78. The fraction of sp³-hybridized carbons (Fsp3) is 0. The molecule has 4 heteroatoms. The van der Waals surface area contributed by atoms with E-state index in [4.69, 9.17) is 0 Å². The molecule has 0 spiro atoms. The molecule has 0 saturated heterocycles. The maximum atomic E-state index is 4.31. The van der Waals surface area contributed by atoms with Gasteiger partial charge in [0.15, 0.2) is 0 Å². The maximum absolute atomic E-state index is 4.31. The minimum atomic E-state index is 0.947. The minimum Gasteiger partial charge on any atom is -0.264 e. The molecule has 17 heavy (non-hydrogen) atoms. The van der Waals surface area contributed by atoms with Gasteiger partial charge in [0, 0.05) is 35.9 Å². The van der Waals surface area contributed by atoms with Gasteiger partial charge < -0.3 is 0 Å². The molecule has 0 aliphatic carbocycles. The Bertz CT molecular complexity index is 548. The van der Waals surface area contributed by atoms with Crippen LogP contribution in [0.5, 0.6) is 0 Å². The van der Waals surface area contributed by atoms with E-state index in [1.807, 2.05) is 42.9 Å². The first-order valence-corrected chi connectivity index (χ1v) is 5.29. The lowest BCUT2D eigenvalue weighted by atomic mass is 10.2. The van der Waals surface area contributed by atoms with Crippen LogP contribution < -0.4 is 0 Å². The first-order valence-electron chi connectivity index (χ1n) is 5.29. The summed E-state index contributed by atoms with van der Waals surface area (Å²) < 4.78 is 1.80. The van der Waals surface area contributed by atoms with Crippen molar-refractivity contribution in [3.8, 4) is 16.8 Å². The van der Waals surface area contributed by atoms with Crippen molar-refractivity contribution >= 4 is 0 Å². The third-order valence-electron chi connectivity index (χ3n) is 2.49. The molecule has 0 amide bonds. The summed E-state index contributed by atoms with van der Waals surface area (Å²) in [6.45, 7) is 0. The molecule has 3 heterocycles. The van der Waals surface area contributed by atoms with Crippen molar-refractivity contribution in [2.24, 2.45) is 0 Å². The van der Waals surface area contributed by atoms with Crippen LogP contribution in [0.3, 0.4) is 0 Å². The second-order valence-electron chi connectivity index (χ2n) is 3.63. The van der Waals surface area contributed by atoms with Crippen LogP contribution >= 0.6 is 0 Å². The molecule has 4 nitrogen and oxygen atoms in total. The summed E-state index contributed by atoms with van der Waals surface area (Å²) in [5, 5.41) is 4.31. The third-order valence-corrected chi connectivity index (χ3v) is 2.49. The van der Waals surface area contributed by atoms with Gasteiger partial charge in [-0.1, -0.05) is 6.07 Å². The summed E-state index contributed by atoms with van der Waals surface area (Å²) in [6.07, 6.45) is 10.9. The summed E-state index contributed by atoms with van der Waals surface area (Å²) in [5.41, 5.74) is 3.05. The summed E-state index contributed by atoms with van der Waals surface area (Å²) in [7, 11) is 0. The first-order chi connectivity index (χ1) is 8.43. The molecule has 0 unspecified atom stereocenters. The molecule has 0 radical (unpaired) electrons. The predicted octanol–water partition coefficient (Wildman–Crippen LogP) is 2.33. The zero-order valence-corrected chi connectivity index (χ0v) is 9.06. The van der Waals surface area contributed by atoms with Gasteiger partial charge in [-0.05, 0) is 18.2 Å². The van der Waals surface area contributed by atoms with Crippen LogP contribution in [0.2, 0.25) is 0 Å². The zero-order chi connectivity index (χ0) is 11.5. The quantitative estimate of drug-likeness (QED) is 0.668. The second kappa shape index (κ2) is 4.17. The molecule has 0 N–H and O–H groups in total. The molecule has 0 aromatic carbocycles. The van der Waals surface area contributed by atoms with E-state index in [1.165, 1.54) is 0 Å². The molecule has 0 aliphatic rings. The van der Waals surface area contributed by atoms with Gasteiger partial charge in [0.05, 0.1) is 18.1 Å². The Labute approximate surface area is 98.6 Å². The average Bonchev–Trinajstić information content (AvgIpc) is 2.90. The molecule has 3 rings (SSSR count). The van der Waals surface area contributed by atoms with Crippen molar-refractivity contribution in [2.45, 2.75) is 0 Å². The van der Waals surface area contributed by atoms with Crippen molar-refractivity contribution in [3.63, 3.8) is 0 Å². The van der Waals surface area contributed by atoms with E-state index < -0.39 is 0 Å². The summed E-state index contributed by atoms with van der Waals surface area (Å²) >= 11 is 0. The van der Waals surface area contributed by atoms with Crippen LogP contribution in [0.1, 0.15) is 0 Å². The molecular formula is C13H10N4. The number of aromatic nitrogens is 4. The molecule has 0 atom stereocenters. The van der Waals surface area contributed by atoms with Gasteiger partial charge in [-0.25, -0.2) is 4.68 Å². The summed E-state index contributed by atoms with van der Waals surface area (Å²) in [5.74, 6) is 0. The van der Waals surface area contributed by atoms with Crippen LogP contribution in [0.15, 0.2) is 61.4 Å². The Hall–Kier alpha value is -2.49. The Kier molecular flexibility index (Phi) is 2.38. The van der Waals surface area contributed by atoms with E-state index >= 15 is 0 Å². The fourth-order valence-electron chi connectivity index (χ4n) is 1.64. The number of hydrogen-bond donors (Lipinski definition) is 0. The Morgan fingerprint density at radius 2 is 1.65 bits per heavy atom. The highest BCUT2D eigenvalue weighted by molar-refractivity contribution is 5.60. The van der Waals surface area contributed by atoms with Crippen LogP contribution in [0.25, 0.3) is 16.8 Å². The van der Waals surface area contributed by atoms with E-state index in [0.29, 0.717) is 0 Å². The van der Waals surface area contributed by atoms with Gasteiger partial charge in [0.1, 0.15) is 0 Å². The monoisotopic (exact) mass is 222 g/mol. The van der Waals surface area contributed by atoms with Gasteiger partial charge in [-0.3, -0.25) is 9.97 Å². The molecule has 0 fully saturated rings. The van der Waals surface area contributed by atoms with Gasteiger partial charge in [-0.15, -0.1) is 0 Å². The highest BCUT2D eigenvalue weighted by Gasteiger charge is 2.02. The third kappa shape index (κ3) is 1.92. The number of hydrogen-bond acceptors (Lipinski definition) is 3. The van der Waals surface area contributed by atoms with E-state index in [2.05, 4.69) is 15.1 Å². The van der Waals surface area contributed by atoms with Crippen molar-refractivity contribution in [1.29, 1.82) is 0 Å². The minimum absolute atomic E-state index is 0.947. The maximum Gasteiger partial charge on any atom is 0.0828 e. The Morgan fingerprint density at radius 1 is 0.824 bits per heavy atom. The standard InChI is InChI=1S/C13H10N4/c1-3-11(7-14-5-1)12-8-16-17(10-12)13-4-2-6-15-9-13/h1-10H. The molecule has 0 bridgehead atoms. The lowest BCUT2D eigenvalue weighted by molar-refractivity contribution is 0.874.